The Hall–Kier alpha value is -3.12. The maximum absolute atomic E-state index is 12.2. The van der Waals surface area contributed by atoms with E-state index >= 15 is 0 Å². The SMILES string of the molecule is O=C(NC(CC(O)CCCc1ccccc1)c1ccccc1)OCc1cnco1. The Morgan fingerprint density at radius 1 is 1.10 bits per heavy atom. The number of nitrogens with zero attached hydrogens (tertiary/aromatic N) is 1. The van der Waals surface area contributed by atoms with Gasteiger partial charge in [-0.25, -0.2) is 9.78 Å². The molecule has 1 heterocycles. The lowest BCUT2D eigenvalue weighted by atomic mass is 9.97. The molecule has 152 valence electrons. The monoisotopic (exact) mass is 394 g/mol. The third-order valence-corrected chi connectivity index (χ3v) is 4.68. The van der Waals surface area contributed by atoms with E-state index in [1.54, 1.807) is 0 Å². The van der Waals surface area contributed by atoms with Crippen molar-refractivity contribution in [3.05, 3.63) is 90.1 Å². The summed E-state index contributed by atoms with van der Waals surface area (Å²) in [6.07, 6.45) is 4.56. The first-order valence-electron chi connectivity index (χ1n) is 9.78. The van der Waals surface area contributed by atoms with Crippen molar-refractivity contribution in [1.29, 1.82) is 0 Å². The number of carbonyl (C=O) groups is 1. The molecule has 29 heavy (non-hydrogen) atoms. The molecule has 0 fully saturated rings. The second kappa shape index (κ2) is 11.0. The summed E-state index contributed by atoms with van der Waals surface area (Å²) in [6, 6.07) is 19.5. The Morgan fingerprint density at radius 3 is 2.52 bits per heavy atom. The first kappa shape index (κ1) is 20.6. The van der Waals surface area contributed by atoms with Crippen molar-refractivity contribution < 1.29 is 19.1 Å². The molecule has 2 aromatic carbocycles. The minimum atomic E-state index is -0.563. The Balaban J connectivity index is 1.51. The van der Waals surface area contributed by atoms with Gasteiger partial charge in [0.15, 0.2) is 18.8 Å². The van der Waals surface area contributed by atoms with Crippen molar-refractivity contribution in [1.82, 2.24) is 10.3 Å². The lowest BCUT2D eigenvalue weighted by molar-refractivity contribution is 0.113. The minimum Gasteiger partial charge on any atom is -0.445 e. The van der Waals surface area contributed by atoms with E-state index in [2.05, 4.69) is 22.4 Å². The number of hydrogen-bond acceptors (Lipinski definition) is 5. The van der Waals surface area contributed by atoms with Gasteiger partial charge in [0.1, 0.15) is 0 Å². The van der Waals surface area contributed by atoms with Crippen LogP contribution in [0.5, 0.6) is 0 Å². The molecule has 0 saturated carbocycles. The minimum absolute atomic E-state index is 0.00692. The van der Waals surface area contributed by atoms with Gasteiger partial charge in [0.2, 0.25) is 0 Å². The Labute approximate surface area is 170 Å². The highest BCUT2D eigenvalue weighted by Crippen LogP contribution is 2.21. The summed E-state index contributed by atoms with van der Waals surface area (Å²) in [5, 5.41) is 13.4. The van der Waals surface area contributed by atoms with Crippen LogP contribution in [0.4, 0.5) is 4.79 Å². The van der Waals surface area contributed by atoms with Gasteiger partial charge in [-0.2, -0.15) is 0 Å². The zero-order valence-corrected chi connectivity index (χ0v) is 16.2. The molecule has 0 saturated heterocycles. The number of carbonyl (C=O) groups excluding carboxylic acids is 1. The van der Waals surface area contributed by atoms with Crippen molar-refractivity contribution in [3.63, 3.8) is 0 Å². The Morgan fingerprint density at radius 2 is 1.83 bits per heavy atom. The van der Waals surface area contributed by atoms with Crippen LogP contribution in [0.25, 0.3) is 0 Å². The molecular weight excluding hydrogens is 368 g/mol. The second-order valence-corrected chi connectivity index (χ2v) is 6.92. The van der Waals surface area contributed by atoms with Crippen molar-refractivity contribution in [2.45, 2.75) is 44.4 Å². The van der Waals surface area contributed by atoms with E-state index in [-0.39, 0.29) is 12.6 Å². The number of aryl methyl sites for hydroxylation is 1. The number of aliphatic hydroxyl groups excluding tert-OH is 1. The summed E-state index contributed by atoms with van der Waals surface area (Å²) in [6.45, 7) is 0.00692. The summed E-state index contributed by atoms with van der Waals surface area (Å²) >= 11 is 0. The molecule has 1 amide bonds. The Bertz CT molecular complexity index is 838. The summed E-state index contributed by atoms with van der Waals surface area (Å²) in [5.74, 6) is 0.470. The van der Waals surface area contributed by atoms with Crippen LogP contribution in [-0.2, 0) is 17.8 Å². The van der Waals surface area contributed by atoms with Gasteiger partial charge in [0.05, 0.1) is 18.3 Å². The molecule has 0 aliphatic rings. The van der Waals surface area contributed by atoms with Crippen LogP contribution >= 0.6 is 0 Å². The summed E-state index contributed by atoms with van der Waals surface area (Å²) in [7, 11) is 0. The molecular formula is C23H26N2O4. The number of nitrogens with one attached hydrogen (secondary N) is 1. The molecule has 6 heteroatoms. The number of oxazole rings is 1. The third-order valence-electron chi connectivity index (χ3n) is 4.68. The molecule has 2 N–H and O–H groups in total. The number of alkyl carbamates (subject to hydrolysis) is 1. The van der Waals surface area contributed by atoms with Crippen molar-refractivity contribution >= 4 is 6.09 Å². The maximum atomic E-state index is 12.2. The van der Waals surface area contributed by atoms with Crippen molar-refractivity contribution in [2.75, 3.05) is 0 Å². The summed E-state index contributed by atoms with van der Waals surface area (Å²) in [4.78, 5) is 16.0. The quantitative estimate of drug-likeness (QED) is 0.532. The molecule has 0 radical (unpaired) electrons. The van der Waals surface area contributed by atoms with Crippen molar-refractivity contribution in [3.8, 4) is 0 Å². The lowest BCUT2D eigenvalue weighted by Gasteiger charge is -2.22. The van der Waals surface area contributed by atoms with Gasteiger partial charge in [0.25, 0.3) is 0 Å². The maximum Gasteiger partial charge on any atom is 0.408 e. The zero-order valence-electron chi connectivity index (χ0n) is 16.2. The van der Waals surface area contributed by atoms with Crippen LogP contribution in [0.15, 0.2) is 77.7 Å². The van der Waals surface area contributed by atoms with E-state index in [0.717, 1.165) is 18.4 Å². The number of aromatic nitrogens is 1. The van der Waals surface area contributed by atoms with E-state index in [1.807, 2.05) is 48.5 Å². The largest absolute Gasteiger partial charge is 0.445 e. The second-order valence-electron chi connectivity index (χ2n) is 6.92. The normalized spacial score (nSPS) is 12.9. The van der Waals surface area contributed by atoms with Crippen LogP contribution in [0.1, 0.15) is 42.2 Å². The van der Waals surface area contributed by atoms with Gasteiger partial charge in [0, 0.05) is 0 Å². The topological polar surface area (TPSA) is 84.6 Å². The van der Waals surface area contributed by atoms with E-state index in [9.17, 15) is 9.90 Å². The summed E-state index contributed by atoms with van der Waals surface area (Å²) in [5.41, 5.74) is 2.18. The number of benzene rings is 2. The van der Waals surface area contributed by atoms with E-state index in [0.29, 0.717) is 18.6 Å². The first-order valence-corrected chi connectivity index (χ1v) is 9.78. The molecule has 6 nitrogen and oxygen atoms in total. The van der Waals surface area contributed by atoms with Gasteiger partial charge in [-0.3, -0.25) is 0 Å². The van der Waals surface area contributed by atoms with Crippen LogP contribution in [0.3, 0.4) is 0 Å². The highest BCUT2D eigenvalue weighted by atomic mass is 16.6. The predicted octanol–water partition coefficient (Wildman–Crippen LogP) is 4.42. The molecule has 0 aliphatic carbocycles. The standard InChI is InChI=1S/C23H26N2O4/c26-20(13-7-10-18-8-3-1-4-9-18)14-22(19-11-5-2-6-12-19)25-23(27)28-16-21-15-24-17-29-21/h1-6,8-9,11-12,15,17,20,22,26H,7,10,13-14,16H2,(H,25,27). The molecule has 2 unspecified atom stereocenters. The first-order chi connectivity index (χ1) is 14.2. The fourth-order valence-electron chi connectivity index (χ4n) is 3.17. The fourth-order valence-corrected chi connectivity index (χ4v) is 3.17. The van der Waals surface area contributed by atoms with Crippen LogP contribution in [-0.4, -0.2) is 22.3 Å². The zero-order chi connectivity index (χ0) is 20.3. The number of rotatable bonds is 10. The van der Waals surface area contributed by atoms with Crippen LogP contribution in [0, 0.1) is 0 Å². The van der Waals surface area contributed by atoms with Gasteiger partial charge in [-0.05, 0) is 36.8 Å². The molecule has 2 atom stereocenters. The molecule has 1 aromatic heterocycles. The van der Waals surface area contributed by atoms with Crippen LogP contribution in [0.2, 0.25) is 0 Å². The van der Waals surface area contributed by atoms with Gasteiger partial charge < -0.3 is 19.6 Å². The molecule has 3 rings (SSSR count). The van der Waals surface area contributed by atoms with E-state index in [4.69, 9.17) is 9.15 Å². The molecule has 3 aromatic rings. The number of aliphatic hydroxyl groups is 1. The average molecular weight is 394 g/mol. The van der Waals surface area contributed by atoms with E-state index in [1.165, 1.54) is 18.2 Å². The highest BCUT2D eigenvalue weighted by molar-refractivity contribution is 5.67. The van der Waals surface area contributed by atoms with Gasteiger partial charge in [-0.1, -0.05) is 60.7 Å². The number of amides is 1. The lowest BCUT2D eigenvalue weighted by Crippen LogP contribution is -2.31. The van der Waals surface area contributed by atoms with Crippen molar-refractivity contribution in [2.24, 2.45) is 0 Å². The van der Waals surface area contributed by atoms with Gasteiger partial charge in [-0.15, -0.1) is 0 Å². The predicted molar refractivity (Wildman–Crippen MR) is 109 cm³/mol. The smallest absolute Gasteiger partial charge is 0.408 e. The average Bonchev–Trinajstić information content (AvgIpc) is 3.27. The summed E-state index contributed by atoms with van der Waals surface area (Å²) < 4.78 is 10.3. The molecule has 0 bridgehead atoms. The van der Waals surface area contributed by atoms with E-state index < -0.39 is 12.2 Å². The molecule has 0 spiro atoms. The van der Waals surface area contributed by atoms with Gasteiger partial charge >= 0.3 is 6.09 Å². The fraction of sp³-hybridized carbons (Fsp3) is 0.304. The highest BCUT2D eigenvalue weighted by Gasteiger charge is 2.19. The number of ether oxygens (including phenoxy) is 1. The number of hydrogen-bond donors (Lipinski definition) is 2. The Kier molecular flexibility index (Phi) is 7.83. The van der Waals surface area contributed by atoms with Crippen LogP contribution < -0.4 is 5.32 Å². The third kappa shape index (κ3) is 7.08. The molecule has 0 aliphatic heterocycles.